The van der Waals surface area contributed by atoms with Crippen LogP contribution in [0.2, 0.25) is 0 Å². The van der Waals surface area contributed by atoms with Gasteiger partial charge < -0.3 is 4.90 Å². The van der Waals surface area contributed by atoms with Gasteiger partial charge in [0.1, 0.15) is 23.7 Å². The van der Waals surface area contributed by atoms with Crippen molar-refractivity contribution in [3.05, 3.63) is 48.1 Å². The summed E-state index contributed by atoms with van der Waals surface area (Å²) in [7, 11) is 0. The molecule has 0 spiro atoms. The minimum atomic E-state index is -4.67. The third-order valence-corrected chi connectivity index (χ3v) is 6.14. The first-order chi connectivity index (χ1) is 17.0. The zero-order chi connectivity index (χ0) is 25.8. The fourth-order valence-corrected chi connectivity index (χ4v) is 4.37. The molecule has 4 aromatic rings. The highest BCUT2D eigenvalue weighted by Crippen LogP contribution is 2.32. The molecule has 36 heavy (non-hydrogen) atoms. The van der Waals surface area contributed by atoms with E-state index in [0.29, 0.717) is 10.7 Å². The molecule has 190 valence electrons. The number of hydrogen-bond donors (Lipinski definition) is 0. The van der Waals surface area contributed by atoms with Gasteiger partial charge in [0.15, 0.2) is 11.5 Å². The number of amides is 1. The van der Waals surface area contributed by atoms with E-state index in [2.05, 4.69) is 15.1 Å². The Morgan fingerprint density at radius 3 is 2.47 bits per heavy atom. The number of rotatable bonds is 4. The number of imidazole rings is 1. The lowest BCUT2D eigenvalue weighted by Crippen LogP contribution is -2.40. The minimum absolute atomic E-state index is 0.0178. The molecule has 1 amide bonds. The van der Waals surface area contributed by atoms with Gasteiger partial charge in [0.05, 0.1) is 17.4 Å². The van der Waals surface area contributed by atoms with E-state index in [9.17, 15) is 35.5 Å². The number of halogens is 7. The van der Waals surface area contributed by atoms with Crippen LogP contribution in [0.3, 0.4) is 0 Å². The SMILES string of the molecule is O=C(c1cc2c(cn1)c(-c1cnc3c(F)cc(F)cn13)nn2CC(F)(F)F)N1CCC(C(F)F)CC1. The third-order valence-electron chi connectivity index (χ3n) is 6.14. The molecule has 5 heterocycles. The summed E-state index contributed by atoms with van der Waals surface area (Å²) in [4.78, 5) is 22.2. The summed E-state index contributed by atoms with van der Waals surface area (Å²) in [5, 5.41) is 4.11. The molecule has 1 saturated heterocycles. The second-order valence-electron chi connectivity index (χ2n) is 8.52. The van der Waals surface area contributed by atoms with Crippen LogP contribution in [0.4, 0.5) is 30.7 Å². The van der Waals surface area contributed by atoms with Crippen molar-refractivity contribution in [2.24, 2.45) is 5.92 Å². The van der Waals surface area contributed by atoms with Gasteiger partial charge in [-0.2, -0.15) is 18.3 Å². The van der Waals surface area contributed by atoms with Gasteiger partial charge in [-0.05, 0) is 18.9 Å². The molecule has 1 aliphatic rings. The number of nitrogens with zero attached hydrogens (tertiary/aromatic N) is 6. The second kappa shape index (κ2) is 8.75. The lowest BCUT2D eigenvalue weighted by atomic mass is 9.97. The van der Waals surface area contributed by atoms with Crippen molar-refractivity contribution in [3.63, 3.8) is 0 Å². The molecule has 14 heteroatoms. The maximum atomic E-state index is 14.1. The first kappa shape index (κ1) is 24.0. The number of aromatic nitrogens is 5. The van der Waals surface area contributed by atoms with Crippen molar-refractivity contribution >= 4 is 22.5 Å². The van der Waals surface area contributed by atoms with Crippen LogP contribution in [-0.4, -0.2) is 60.6 Å². The molecule has 0 radical (unpaired) electrons. The quantitative estimate of drug-likeness (QED) is 0.370. The summed E-state index contributed by atoms with van der Waals surface area (Å²) in [5.74, 6) is -3.33. The maximum absolute atomic E-state index is 14.1. The molecule has 0 bridgehead atoms. The van der Waals surface area contributed by atoms with Crippen molar-refractivity contribution in [3.8, 4) is 11.4 Å². The fraction of sp³-hybridized carbons (Fsp3) is 0.364. The summed E-state index contributed by atoms with van der Waals surface area (Å²) in [6, 6.07) is 1.76. The molecule has 0 aliphatic carbocycles. The molecular formula is C22H17F7N6O. The number of likely N-dealkylation sites (tertiary alicyclic amines) is 1. The molecule has 4 aromatic heterocycles. The highest BCUT2D eigenvalue weighted by Gasteiger charge is 2.32. The highest BCUT2D eigenvalue weighted by atomic mass is 19.4. The fourth-order valence-electron chi connectivity index (χ4n) is 4.37. The molecule has 0 atom stereocenters. The van der Waals surface area contributed by atoms with Crippen molar-refractivity contribution < 1.29 is 35.5 Å². The summed E-state index contributed by atoms with van der Waals surface area (Å²) in [6.07, 6.45) is -3.75. The van der Waals surface area contributed by atoms with Crippen molar-refractivity contribution in [1.29, 1.82) is 0 Å². The van der Waals surface area contributed by atoms with E-state index in [4.69, 9.17) is 0 Å². The molecule has 0 N–H and O–H groups in total. The predicted octanol–water partition coefficient (Wildman–Crippen LogP) is 4.70. The number of fused-ring (bicyclic) bond motifs is 2. The Balaban J connectivity index is 1.57. The van der Waals surface area contributed by atoms with Crippen LogP contribution in [0.1, 0.15) is 23.3 Å². The van der Waals surface area contributed by atoms with E-state index in [1.165, 1.54) is 4.90 Å². The molecule has 1 fully saturated rings. The number of piperidine rings is 1. The molecule has 0 saturated carbocycles. The zero-order valence-corrected chi connectivity index (χ0v) is 18.3. The van der Waals surface area contributed by atoms with Gasteiger partial charge >= 0.3 is 6.18 Å². The van der Waals surface area contributed by atoms with Crippen LogP contribution in [0, 0.1) is 17.6 Å². The van der Waals surface area contributed by atoms with E-state index in [0.717, 1.165) is 29.1 Å². The second-order valence-corrected chi connectivity index (χ2v) is 8.52. The lowest BCUT2D eigenvalue weighted by Gasteiger charge is -2.31. The maximum Gasteiger partial charge on any atom is 0.408 e. The minimum Gasteiger partial charge on any atom is -0.337 e. The number of carbonyl (C=O) groups is 1. The monoisotopic (exact) mass is 514 g/mol. The Kier molecular flexibility index (Phi) is 5.83. The first-order valence-electron chi connectivity index (χ1n) is 10.8. The number of hydrogen-bond acceptors (Lipinski definition) is 4. The van der Waals surface area contributed by atoms with E-state index >= 15 is 0 Å². The van der Waals surface area contributed by atoms with Gasteiger partial charge in [-0.1, -0.05) is 0 Å². The highest BCUT2D eigenvalue weighted by molar-refractivity contribution is 5.99. The van der Waals surface area contributed by atoms with Gasteiger partial charge in [0.25, 0.3) is 5.91 Å². The van der Waals surface area contributed by atoms with Crippen LogP contribution in [-0.2, 0) is 6.54 Å². The molecule has 0 unspecified atom stereocenters. The van der Waals surface area contributed by atoms with E-state index < -0.39 is 42.6 Å². The summed E-state index contributed by atoms with van der Waals surface area (Å²) in [6.45, 7) is -1.36. The zero-order valence-electron chi connectivity index (χ0n) is 18.3. The van der Waals surface area contributed by atoms with E-state index in [1.54, 1.807) is 0 Å². The van der Waals surface area contributed by atoms with Crippen LogP contribution in [0.5, 0.6) is 0 Å². The Morgan fingerprint density at radius 2 is 1.81 bits per heavy atom. The summed E-state index contributed by atoms with van der Waals surface area (Å²) in [5.41, 5.74) is -0.574. The largest absolute Gasteiger partial charge is 0.408 e. The smallest absolute Gasteiger partial charge is 0.337 e. The van der Waals surface area contributed by atoms with Crippen LogP contribution < -0.4 is 0 Å². The van der Waals surface area contributed by atoms with Gasteiger partial charge in [0, 0.05) is 42.9 Å². The summed E-state index contributed by atoms with van der Waals surface area (Å²) < 4.78 is 95.3. The normalized spacial score (nSPS) is 15.5. The topological polar surface area (TPSA) is 68.3 Å². The lowest BCUT2D eigenvalue weighted by molar-refractivity contribution is -0.141. The van der Waals surface area contributed by atoms with E-state index in [1.807, 2.05) is 0 Å². The van der Waals surface area contributed by atoms with Crippen molar-refractivity contribution in [2.75, 3.05) is 13.1 Å². The van der Waals surface area contributed by atoms with Gasteiger partial charge in [-0.15, -0.1) is 0 Å². The van der Waals surface area contributed by atoms with Gasteiger partial charge in [0.2, 0.25) is 6.43 Å². The Labute approximate surface area is 198 Å². The van der Waals surface area contributed by atoms with Gasteiger partial charge in [-0.25, -0.2) is 22.5 Å². The van der Waals surface area contributed by atoms with E-state index in [-0.39, 0.29) is 59.6 Å². The van der Waals surface area contributed by atoms with Crippen molar-refractivity contribution in [1.82, 2.24) is 29.0 Å². The number of alkyl halides is 5. The molecule has 1 aliphatic heterocycles. The average molecular weight is 514 g/mol. The van der Waals surface area contributed by atoms with Crippen molar-refractivity contribution in [2.45, 2.75) is 32.0 Å². The third kappa shape index (κ3) is 4.35. The Morgan fingerprint density at radius 1 is 1.08 bits per heavy atom. The van der Waals surface area contributed by atoms with Crippen LogP contribution in [0.15, 0.2) is 30.7 Å². The van der Waals surface area contributed by atoms with Crippen LogP contribution >= 0.6 is 0 Å². The number of carbonyl (C=O) groups excluding carboxylic acids is 1. The average Bonchev–Trinajstić information content (AvgIpc) is 3.38. The standard InChI is InChI=1S/C22H17F7N6O/c23-12-5-14(24)20-31-8-17(34(20)9-12)18-13-7-30-15(6-16(13)35(32-18)10-22(27,28)29)21(36)33-3-1-11(2-4-33)19(25)26/h5-9,11,19H,1-4,10H2. The summed E-state index contributed by atoms with van der Waals surface area (Å²) >= 11 is 0. The molecule has 7 nitrogen and oxygen atoms in total. The Hall–Kier alpha value is -3.71. The Bertz CT molecular complexity index is 1450. The number of pyridine rings is 2. The van der Waals surface area contributed by atoms with Gasteiger partial charge in [-0.3, -0.25) is 18.9 Å². The molecule has 5 rings (SSSR count). The molecule has 0 aromatic carbocycles. The first-order valence-corrected chi connectivity index (χ1v) is 10.8. The molecular weight excluding hydrogens is 497 g/mol. The predicted molar refractivity (Wildman–Crippen MR) is 112 cm³/mol. The van der Waals surface area contributed by atoms with Crippen LogP contribution in [0.25, 0.3) is 27.9 Å².